The Balaban J connectivity index is 1.64. The fourth-order valence-electron chi connectivity index (χ4n) is 3.76. The lowest BCUT2D eigenvalue weighted by atomic mass is 9.90. The van der Waals surface area contributed by atoms with Crippen LogP contribution in [0.5, 0.6) is 0 Å². The number of fused-ring (bicyclic) bond motifs is 1. The van der Waals surface area contributed by atoms with Crippen LogP contribution in [0.4, 0.5) is 10.1 Å². The van der Waals surface area contributed by atoms with E-state index < -0.39 is 5.66 Å². The summed E-state index contributed by atoms with van der Waals surface area (Å²) in [4.78, 5) is 2.10. The molecule has 0 saturated carbocycles. The normalized spacial score (nSPS) is 18.5. The van der Waals surface area contributed by atoms with Gasteiger partial charge in [0.1, 0.15) is 12.2 Å². The Morgan fingerprint density at radius 3 is 2.61 bits per heavy atom. The molecule has 0 amide bonds. The molecule has 1 aliphatic heterocycles. The highest BCUT2D eigenvalue weighted by Gasteiger charge is 2.41. The van der Waals surface area contributed by atoms with Crippen LogP contribution in [0.15, 0.2) is 84.1 Å². The average Bonchev–Trinajstić information content (AvgIpc) is 3.36. The van der Waals surface area contributed by atoms with Crippen molar-refractivity contribution in [1.82, 2.24) is 15.6 Å². The summed E-state index contributed by atoms with van der Waals surface area (Å²) in [7, 11) is 0. The van der Waals surface area contributed by atoms with Crippen LogP contribution in [-0.4, -0.2) is 16.5 Å². The van der Waals surface area contributed by atoms with E-state index in [4.69, 9.17) is 0 Å². The average molecular weight is 371 g/mol. The molecular weight excluding hydrogens is 353 g/mol. The number of hydrogen-bond donors (Lipinski definition) is 2. The number of rotatable bonds is 4. The third-order valence-corrected chi connectivity index (χ3v) is 5.16. The third kappa shape index (κ3) is 2.70. The summed E-state index contributed by atoms with van der Waals surface area (Å²) in [5.74, 6) is -0.260. The van der Waals surface area contributed by atoms with Crippen molar-refractivity contribution in [3.63, 3.8) is 0 Å². The Morgan fingerprint density at radius 1 is 0.964 bits per heavy atom. The standard InChI is InChI=1S/C22H18FN5/c23-19-8-6-18(7-9-19)22(13-16-4-2-1-3-5-16)27-25-15-28(22)20-10-11-21-17(12-20)14-24-26-21/h1-12,14-15,27H,13H2,(H,24,26). The molecule has 4 aromatic rings. The maximum atomic E-state index is 13.6. The number of halogens is 1. The van der Waals surface area contributed by atoms with Gasteiger partial charge in [-0.1, -0.05) is 42.5 Å². The summed E-state index contributed by atoms with van der Waals surface area (Å²) >= 11 is 0. The fraction of sp³-hybridized carbons (Fsp3) is 0.0909. The highest BCUT2D eigenvalue weighted by molar-refractivity contribution is 5.89. The summed E-state index contributed by atoms with van der Waals surface area (Å²) in [6, 6.07) is 22.9. The van der Waals surface area contributed by atoms with Crippen molar-refractivity contribution in [3.05, 3.63) is 95.9 Å². The number of hydrazone groups is 1. The van der Waals surface area contributed by atoms with Crippen molar-refractivity contribution < 1.29 is 4.39 Å². The number of benzene rings is 3. The predicted octanol–water partition coefficient (Wildman–Crippen LogP) is 4.15. The number of nitrogens with one attached hydrogen (secondary N) is 2. The summed E-state index contributed by atoms with van der Waals surface area (Å²) in [5, 5.41) is 12.5. The van der Waals surface area contributed by atoms with Gasteiger partial charge in [0, 0.05) is 23.1 Å². The maximum Gasteiger partial charge on any atom is 0.161 e. The Morgan fingerprint density at radius 2 is 1.79 bits per heavy atom. The molecule has 6 heteroatoms. The number of aromatic amines is 1. The second kappa shape index (κ2) is 6.49. The Kier molecular flexibility index (Phi) is 3.83. The van der Waals surface area contributed by atoms with Gasteiger partial charge >= 0.3 is 0 Å². The first-order valence-electron chi connectivity index (χ1n) is 9.07. The Hall–Kier alpha value is -3.67. The van der Waals surface area contributed by atoms with E-state index in [0.717, 1.165) is 27.7 Å². The summed E-state index contributed by atoms with van der Waals surface area (Å²) in [6.07, 6.45) is 4.24. The molecule has 1 aliphatic rings. The monoisotopic (exact) mass is 371 g/mol. The van der Waals surface area contributed by atoms with E-state index in [1.165, 1.54) is 12.1 Å². The quantitative estimate of drug-likeness (QED) is 0.567. The van der Waals surface area contributed by atoms with Crippen LogP contribution in [0.1, 0.15) is 11.1 Å². The lowest BCUT2D eigenvalue weighted by molar-refractivity contribution is 0.377. The van der Waals surface area contributed by atoms with Gasteiger partial charge in [-0.05, 0) is 35.9 Å². The van der Waals surface area contributed by atoms with Crippen LogP contribution in [0.25, 0.3) is 10.9 Å². The molecule has 1 atom stereocenters. The molecule has 5 nitrogen and oxygen atoms in total. The highest BCUT2D eigenvalue weighted by atomic mass is 19.1. The van der Waals surface area contributed by atoms with Gasteiger partial charge in [0.25, 0.3) is 0 Å². The van der Waals surface area contributed by atoms with Crippen molar-refractivity contribution in [2.75, 3.05) is 4.90 Å². The van der Waals surface area contributed by atoms with Crippen LogP contribution in [0.3, 0.4) is 0 Å². The first-order valence-corrected chi connectivity index (χ1v) is 9.07. The van der Waals surface area contributed by atoms with Crippen LogP contribution >= 0.6 is 0 Å². The Bertz CT molecular complexity index is 1140. The summed E-state index contributed by atoms with van der Waals surface area (Å²) in [6.45, 7) is 0. The molecule has 1 aromatic heterocycles. The van der Waals surface area contributed by atoms with Crippen LogP contribution < -0.4 is 10.3 Å². The molecule has 138 valence electrons. The van der Waals surface area contributed by atoms with E-state index in [2.05, 4.69) is 43.8 Å². The van der Waals surface area contributed by atoms with Gasteiger partial charge in [-0.25, -0.2) is 4.39 Å². The van der Waals surface area contributed by atoms with Gasteiger partial charge in [-0.3, -0.25) is 10.5 Å². The molecule has 5 rings (SSSR count). The van der Waals surface area contributed by atoms with Gasteiger partial charge in [-0.2, -0.15) is 10.2 Å². The fourth-order valence-corrected chi connectivity index (χ4v) is 3.76. The van der Waals surface area contributed by atoms with E-state index in [1.807, 2.05) is 42.5 Å². The molecule has 3 aromatic carbocycles. The SMILES string of the molecule is Fc1ccc(C2(Cc3ccccc3)NN=CN2c2ccc3[nH]ncc3c2)cc1. The minimum absolute atomic E-state index is 0.260. The molecule has 0 aliphatic carbocycles. The topological polar surface area (TPSA) is 56.3 Å². The molecule has 0 radical (unpaired) electrons. The second-order valence-electron chi connectivity index (χ2n) is 6.90. The van der Waals surface area contributed by atoms with Crippen molar-refractivity contribution in [2.24, 2.45) is 5.10 Å². The van der Waals surface area contributed by atoms with Gasteiger partial charge in [0.05, 0.1) is 11.7 Å². The number of nitrogens with zero attached hydrogens (tertiary/aromatic N) is 3. The molecule has 0 fully saturated rings. The second-order valence-corrected chi connectivity index (χ2v) is 6.90. The zero-order valence-electron chi connectivity index (χ0n) is 15.0. The smallest absolute Gasteiger partial charge is 0.161 e. The van der Waals surface area contributed by atoms with Gasteiger partial charge in [0.15, 0.2) is 5.66 Å². The molecule has 0 bridgehead atoms. The van der Waals surface area contributed by atoms with Gasteiger partial charge in [-0.15, -0.1) is 0 Å². The molecular formula is C22H18FN5. The zero-order chi connectivity index (χ0) is 19.0. The van der Waals surface area contributed by atoms with Crippen molar-refractivity contribution in [2.45, 2.75) is 12.1 Å². The first kappa shape index (κ1) is 16.5. The van der Waals surface area contributed by atoms with Crippen LogP contribution in [0, 0.1) is 5.82 Å². The lowest BCUT2D eigenvalue weighted by Gasteiger charge is -2.39. The maximum absolute atomic E-state index is 13.6. The molecule has 28 heavy (non-hydrogen) atoms. The van der Waals surface area contributed by atoms with Gasteiger partial charge in [0.2, 0.25) is 0 Å². The minimum atomic E-state index is -0.660. The van der Waals surface area contributed by atoms with Crippen LogP contribution in [-0.2, 0) is 12.1 Å². The molecule has 0 saturated heterocycles. The highest BCUT2D eigenvalue weighted by Crippen LogP contribution is 2.36. The Labute approximate surface area is 161 Å². The van der Waals surface area contributed by atoms with Gasteiger partial charge < -0.3 is 4.90 Å². The number of H-pyrrole nitrogens is 1. The molecule has 1 unspecified atom stereocenters. The number of aromatic nitrogens is 2. The number of hydrogen-bond acceptors (Lipinski definition) is 4. The van der Waals surface area contributed by atoms with E-state index in [-0.39, 0.29) is 5.82 Å². The largest absolute Gasteiger partial charge is 0.302 e. The number of anilines is 1. The summed E-state index contributed by atoms with van der Waals surface area (Å²) < 4.78 is 13.6. The van der Waals surface area contributed by atoms with E-state index >= 15 is 0 Å². The molecule has 2 heterocycles. The lowest BCUT2D eigenvalue weighted by Crippen LogP contribution is -2.51. The van der Waals surface area contributed by atoms with Crippen molar-refractivity contribution >= 4 is 22.9 Å². The minimum Gasteiger partial charge on any atom is -0.302 e. The summed E-state index contributed by atoms with van der Waals surface area (Å²) in [5.41, 5.74) is 6.67. The molecule has 0 spiro atoms. The van der Waals surface area contributed by atoms with E-state index in [9.17, 15) is 4.39 Å². The third-order valence-electron chi connectivity index (χ3n) is 5.16. The predicted molar refractivity (Wildman–Crippen MR) is 108 cm³/mol. The van der Waals surface area contributed by atoms with Crippen molar-refractivity contribution in [1.29, 1.82) is 0 Å². The first-order chi connectivity index (χ1) is 13.7. The zero-order valence-corrected chi connectivity index (χ0v) is 15.0. The molecule has 2 N–H and O–H groups in total. The van der Waals surface area contributed by atoms with E-state index in [1.54, 1.807) is 12.5 Å². The van der Waals surface area contributed by atoms with Crippen molar-refractivity contribution in [3.8, 4) is 0 Å². The van der Waals surface area contributed by atoms with E-state index in [0.29, 0.717) is 6.42 Å². The van der Waals surface area contributed by atoms with Crippen LogP contribution in [0.2, 0.25) is 0 Å².